The number of benzene rings is 2. The van der Waals surface area contributed by atoms with E-state index in [2.05, 4.69) is 21.8 Å². The van der Waals surface area contributed by atoms with Crippen LogP contribution in [0.2, 0.25) is 0 Å². The van der Waals surface area contributed by atoms with Crippen LogP contribution in [-0.4, -0.2) is 22.4 Å². The molecule has 1 aromatic heterocycles. The lowest BCUT2D eigenvalue weighted by Crippen LogP contribution is -2.33. The fourth-order valence-electron chi connectivity index (χ4n) is 2.61. The Labute approximate surface area is 163 Å². The number of carbonyl (C=O) groups is 1. The van der Waals surface area contributed by atoms with E-state index in [1.54, 1.807) is 54.7 Å². The van der Waals surface area contributed by atoms with E-state index >= 15 is 0 Å². The van der Waals surface area contributed by atoms with E-state index in [1.165, 1.54) is 0 Å². The van der Waals surface area contributed by atoms with Crippen molar-refractivity contribution in [2.45, 2.75) is 13.5 Å². The molecule has 0 radical (unpaired) electrons. The van der Waals surface area contributed by atoms with Crippen LogP contribution in [0.25, 0.3) is 0 Å². The number of aromatic nitrogens is 2. The summed E-state index contributed by atoms with van der Waals surface area (Å²) >= 11 is 0. The first-order valence-electron chi connectivity index (χ1n) is 8.93. The molecule has 0 bridgehead atoms. The van der Waals surface area contributed by atoms with Crippen LogP contribution in [0, 0.1) is 17.2 Å². The second kappa shape index (κ2) is 9.24. The number of hydrogen-bond acceptors (Lipinski definition) is 4. The third-order valence-corrected chi connectivity index (χ3v) is 3.98. The highest BCUT2D eigenvalue weighted by atomic mass is 16.5. The summed E-state index contributed by atoms with van der Waals surface area (Å²) in [6.07, 6.45) is 3.63. The van der Waals surface area contributed by atoms with Crippen LogP contribution in [0.15, 0.2) is 67.0 Å². The largest absolute Gasteiger partial charge is 0.457 e. The molecule has 0 saturated heterocycles. The zero-order valence-electron chi connectivity index (χ0n) is 15.5. The van der Waals surface area contributed by atoms with Crippen LogP contribution in [0.4, 0.5) is 10.5 Å². The van der Waals surface area contributed by atoms with E-state index in [1.807, 2.05) is 23.9 Å². The average molecular weight is 375 g/mol. The second-order valence-corrected chi connectivity index (χ2v) is 6.43. The number of ether oxygens (including phenoxy) is 1. The average Bonchev–Trinajstić information content (AvgIpc) is 3.20. The highest BCUT2D eigenvalue weighted by Crippen LogP contribution is 2.24. The summed E-state index contributed by atoms with van der Waals surface area (Å²) in [5.74, 6) is 1.46. The van der Waals surface area contributed by atoms with Gasteiger partial charge in [0.05, 0.1) is 11.6 Å². The summed E-state index contributed by atoms with van der Waals surface area (Å²) in [6, 6.07) is 17.6. The molecule has 28 heavy (non-hydrogen) atoms. The first kappa shape index (κ1) is 19.0. The van der Waals surface area contributed by atoms with Gasteiger partial charge in [-0.05, 0) is 48.4 Å². The lowest BCUT2D eigenvalue weighted by molar-refractivity contribution is 0.249. The number of nitrogens with one attached hydrogen (secondary N) is 2. The van der Waals surface area contributed by atoms with Crippen LogP contribution in [0.5, 0.6) is 11.5 Å². The van der Waals surface area contributed by atoms with Crippen LogP contribution < -0.4 is 15.4 Å². The number of nitriles is 1. The number of nitrogens with zero attached hydrogens (tertiary/aromatic N) is 3. The summed E-state index contributed by atoms with van der Waals surface area (Å²) in [5.41, 5.74) is 1.20. The highest BCUT2D eigenvalue weighted by Gasteiger charge is 2.08. The van der Waals surface area contributed by atoms with Crippen LogP contribution in [-0.2, 0) is 6.54 Å². The molecule has 3 rings (SSSR count). The number of anilines is 1. The third-order valence-electron chi connectivity index (χ3n) is 3.98. The van der Waals surface area contributed by atoms with E-state index in [4.69, 9.17) is 10.00 Å². The maximum atomic E-state index is 12.1. The van der Waals surface area contributed by atoms with Crippen molar-refractivity contribution in [1.29, 1.82) is 5.26 Å². The molecule has 2 aromatic carbocycles. The van der Waals surface area contributed by atoms with Gasteiger partial charge in [0.15, 0.2) is 0 Å². The van der Waals surface area contributed by atoms with E-state index in [9.17, 15) is 4.79 Å². The van der Waals surface area contributed by atoms with Gasteiger partial charge in [0.2, 0.25) is 0 Å². The lowest BCUT2D eigenvalue weighted by atomic mass is 10.2. The van der Waals surface area contributed by atoms with Crippen molar-refractivity contribution in [3.63, 3.8) is 0 Å². The predicted octanol–water partition coefficient (Wildman–Crippen LogP) is 4.00. The van der Waals surface area contributed by atoms with Crippen molar-refractivity contribution < 1.29 is 9.53 Å². The Morgan fingerprint density at radius 3 is 2.75 bits per heavy atom. The van der Waals surface area contributed by atoms with Crippen molar-refractivity contribution >= 4 is 11.7 Å². The summed E-state index contributed by atoms with van der Waals surface area (Å²) in [4.78, 5) is 12.1. The Hall–Kier alpha value is -3.79. The van der Waals surface area contributed by atoms with Crippen LogP contribution >= 0.6 is 0 Å². The van der Waals surface area contributed by atoms with E-state index in [0.717, 1.165) is 6.54 Å². The molecule has 0 saturated carbocycles. The van der Waals surface area contributed by atoms with Gasteiger partial charge in [0.25, 0.3) is 0 Å². The molecule has 1 unspecified atom stereocenters. The molecule has 0 fully saturated rings. The van der Waals surface area contributed by atoms with Crippen molar-refractivity contribution in [3.05, 3.63) is 72.6 Å². The maximum absolute atomic E-state index is 12.1. The van der Waals surface area contributed by atoms with Gasteiger partial charge in [-0.2, -0.15) is 10.4 Å². The van der Waals surface area contributed by atoms with Gasteiger partial charge in [-0.3, -0.25) is 4.68 Å². The van der Waals surface area contributed by atoms with Crippen molar-refractivity contribution in [2.75, 3.05) is 11.9 Å². The predicted molar refractivity (Wildman–Crippen MR) is 106 cm³/mol. The first-order valence-corrected chi connectivity index (χ1v) is 8.93. The topological polar surface area (TPSA) is 92.0 Å². The quantitative estimate of drug-likeness (QED) is 0.653. The Bertz CT molecular complexity index is 946. The highest BCUT2D eigenvalue weighted by molar-refractivity contribution is 5.89. The van der Waals surface area contributed by atoms with Gasteiger partial charge in [-0.15, -0.1) is 0 Å². The molecule has 7 nitrogen and oxygen atoms in total. The molecule has 0 spiro atoms. The molecule has 1 heterocycles. The molecule has 2 amide bonds. The van der Waals surface area contributed by atoms with E-state index in [0.29, 0.717) is 29.3 Å². The lowest BCUT2D eigenvalue weighted by Gasteiger charge is -2.14. The fraction of sp³-hybridized carbons (Fsp3) is 0.190. The van der Waals surface area contributed by atoms with Gasteiger partial charge in [0, 0.05) is 37.2 Å². The van der Waals surface area contributed by atoms with E-state index in [-0.39, 0.29) is 11.9 Å². The van der Waals surface area contributed by atoms with Gasteiger partial charge >= 0.3 is 6.03 Å². The smallest absolute Gasteiger partial charge is 0.319 e. The summed E-state index contributed by atoms with van der Waals surface area (Å²) < 4.78 is 7.61. The normalized spacial score (nSPS) is 11.3. The molecule has 0 aliphatic rings. The van der Waals surface area contributed by atoms with E-state index < -0.39 is 0 Å². The summed E-state index contributed by atoms with van der Waals surface area (Å²) in [5, 5.41) is 18.7. The molecule has 7 heteroatoms. The zero-order valence-corrected chi connectivity index (χ0v) is 15.5. The standard InChI is InChI=1S/C21H21N5O2/c1-16(15-26-11-3-10-24-26)14-23-21(27)25-18-4-2-5-20(12-18)28-19-8-6-17(13-22)7-9-19/h2-12,16H,14-15H2,1H3,(H2,23,25,27). The molecule has 1 atom stereocenters. The van der Waals surface area contributed by atoms with Crippen LogP contribution in [0.3, 0.4) is 0 Å². The number of hydrogen-bond donors (Lipinski definition) is 2. The molecule has 3 aromatic rings. The molecular weight excluding hydrogens is 354 g/mol. The monoisotopic (exact) mass is 375 g/mol. The Morgan fingerprint density at radius 1 is 1.21 bits per heavy atom. The number of carbonyl (C=O) groups excluding carboxylic acids is 1. The zero-order chi connectivity index (χ0) is 19.8. The minimum Gasteiger partial charge on any atom is -0.457 e. The van der Waals surface area contributed by atoms with Crippen molar-refractivity contribution in [3.8, 4) is 17.6 Å². The molecule has 0 aliphatic carbocycles. The first-order chi connectivity index (χ1) is 13.6. The molecule has 142 valence electrons. The third kappa shape index (κ3) is 5.61. The van der Waals surface area contributed by atoms with Crippen molar-refractivity contribution in [1.82, 2.24) is 15.1 Å². The minimum atomic E-state index is -0.275. The number of amides is 2. The maximum Gasteiger partial charge on any atom is 0.319 e. The SMILES string of the molecule is CC(CNC(=O)Nc1cccc(Oc2ccc(C#N)cc2)c1)Cn1cccn1. The Balaban J connectivity index is 1.50. The second-order valence-electron chi connectivity index (χ2n) is 6.43. The molecule has 0 aliphatic heterocycles. The van der Waals surface area contributed by atoms with Gasteiger partial charge in [0.1, 0.15) is 11.5 Å². The van der Waals surface area contributed by atoms with Crippen LogP contribution in [0.1, 0.15) is 12.5 Å². The summed E-state index contributed by atoms with van der Waals surface area (Å²) in [7, 11) is 0. The Kier molecular flexibility index (Phi) is 6.26. The molecular formula is C21H21N5O2. The number of urea groups is 1. The Morgan fingerprint density at radius 2 is 2.04 bits per heavy atom. The minimum absolute atomic E-state index is 0.247. The van der Waals surface area contributed by atoms with Gasteiger partial charge < -0.3 is 15.4 Å². The summed E-state index contributed by atoms with van der Waals surface area (Å²) in [6.45, 7) is 3.32. The van der Waals surface area contributed by atoms with Gasteiger partial charge in [-0.25, -0.2) is 4.79 Å². The van der Waals surface area contributed by atoms with Gasteiger partial charge in [-0.1, -0.05) is 13.0 Å². The molecule has 2 N–H and O–H groups in total. The fourth-order valence-corrected chi connectivity index (χ4v) is 2.61. The number of rotatable bonds is 7. The van der Waals surface area contributed by atoms with Crippen molar-refractivity contribution in [2.24, 2.45) is 5.92 Å².